The summed E-state index contributed by atoms with van der Waals surface area (Å²) >= 11 is 0. The molecule has 0 amide bonds. The molecule has 2 atom stereocenters. The molecular formula is C19H23NO4. The lowest BCUT2D eigenvalue weighted by molar-refractivity contribution is -0.159. The Morgan fingerprint density at radius 3 is 2.38 bits per heavy atom. The number of nitrogens with zero attached hydrogens (tertiary/aromatic N) is 1. The van der Waals surface area contributed by atoms with Gasteiger partial charge < -0.3 is 14.7 Å². The van der Waals surface area contributed by atoms with E-state index in [1.165, 1.54) is 13.2 Å². The normalized spacial score (nSPS) is 22.7. The lowest BCUT2D eigenvalue weighted by Gasteiger charge is -2.34. The van der Waals surface area contributed by atoms with Crippen LogP contribution in [-0.4, -0.2) is 47.6 Å². The average Bonchev–Trinajstić information content (AvgIpc) is 2.62. The van der Waals surface area contributed by atoms with Crippen molar-refractivity contribution in [1.82, 2.24) is 4.90 Å². The number of ether oxygens (including phenoxy) is 1. The average molecular weight is 329 g/mol. The quantitative estimate of drug-likeness (QED) is 0.640. The zero-order chi connectivity index (χ0) is 17.7. The van der Waals surface area contributed by atoms with Crippen LogP contribution in [0, 0.1) is 5.92 Å². The SMILES string of the molecule is CCN(CC)C1=CC(O)(C(=O)OC)C(C(=O)c2ccccc2)C=C1. The number of likely N-dealkylation sites (N-methyl/N-ethyl adjacent to an activating group) is 1. The molecular weight excluding hydrogens is 306 g/mol. The van der Waals surface area contributed by atoms with Gasteiger partial charge in [0, 0.05) is 24.4 Å². The van der Waals surface area contributed by atoms with Crippen LogP contribution in [0.5, 0.6) is 0 Å². The zero-order valence-corrected chi connectivity index (χ0v) is 14.2. The fraction of sp³-hybridized carbons (Fsp3) is 0.368. The lowest BCUT2D eigenvalue weighted by Crippen LogP contribution is -2.49. The predicted molar refractivity (Wildman–Crippen MR) is 91.4 cm³/mol. The Hall–Kier alpha value is -2.40. The first-order valence-electron chi connectivity index (χ1n) is 8.04. The van der Waals surface area contributed by atoms with Crippen molar-refractivity contribution in [2.24, 2.45) is 5.92 Å². The second-order valence-corrected chi connectivity index (χ2v) is 5.63. The monoisotopic (exact) mass is 329 g/mol. The summed E-state index contributed by atoms with van der Waals surface area (Å²) in [5.74, 6) is -2.19. The van der Waals surface area contributed by atoms with Crippen LogP contribution < -0.4 is 0 Å². The van der Waals surface area contributed by atoms with Gasteiger partial charge in [0.2, 0.25) is 0 Å². The minimum absolute atomic E-state index is 0.324. The minimum atomic E-state index is -2.02. The van der Waals surface area contributed by atoms with Gasteiger partial charge in [-0.3, -0.25) is 4.79 Å². The van der Waals surface area contributed by atoms with E-state index in [4.69, 9.17) is 4.74 Å². The molecule has 1 aliphatic rings. The Morgan fingerprint density at radius 1 is 1.21 bits per heavy atom. The molecule has 128 valence electrons. The van der Waals surface area contributed by atoms with Crippen molar-refractivity contribution < 1.29 is 19.4 Å². The molecule has 0 radical (unpaired) electrons. The number of carbonyl (C=O) groups is 2. The first-order chi connectivity index (χ1) is 11.5. The van der Waals surface area contributed by atoms with Crippen LogP contribution in [0.25, 0.3) is 0 Å². The van der Waals surface area contributed by atoms with E-state index >= 15 is 0 Å². The topological polar surface area (TPSA) is 66.8 Å². The molecule has 0 aromatic heterocycles. The number of Topliss-reactive ketones (excluding diaryl/α,β-unsaturated/α-hetero) is 1. The van der Waals surface area contributed by atoms with Crippen LogP contribution in [0.15, 0.2) is 54.3 Å². The maximum absolute atomic E-state index is 12.8. The Morgan fingerprint density at radius 2 is 1.83 bits per heavy atom. The highest BCUT2D eigenvalue weighted by Gasteiger charge is 2.48. The Labute approximate surface area is 142 Å². The van der Waals surface area contributed by atoms with E-state index in [1.54, 1.807) is 42.5 Å². The highest BCUT2D eigenvalue weighted by Crippen LogP contribution is 2.32. The minimum Gasteiger partial charge on any atom is -0.467 e. The number of hydrogen-bond acceptors (Lipinski definition) is 5. The van der Waals surface area contributed by atoms with E-state index in [0.29, 0.717) is 11.3 Å². The summed E-state index contributed by atoms with van der Waals surface area (Å²) in [7, 11) is 1.20. The molecule has 1 aliphatic carbocycles. The van der Waals surface area contributed by atoms with E-state index in [2.05, 4.69) is 0 Å². The first-order valence-corrected chi connectivity index (χ1v) is 8.04. The van der Waals surface area contributed by atoms with Crippen molar-refractivity contribution in [3.05, 3.63) is 59.8 Å². The van der Waals surface area contributed by atoms with Gasteiger partial charge in [0.25, 0.3) is 0 Å². The van der Waals surface area contributed by atoms with Crippen LogP contribution in [0.2, 0.25) is 0 Å². The number of ketones is 1. The van der Waals surface area contributed by atoms with E-state index in [9.17, 15) is 14.7 Å². The predicted octanol–water partition coefficient (Wildman–Crippen LogP) is 2.19. The standard InChI is InChI=1S/C19H23NO4/c1-4-20(5-2)15-11-12-16(19(23,13-15)18(22)24-3)17(21)14-9-7-6-8-10-14/h6-13,16,23H,4-5H2,1-3H3. The third kappa shape index (κ3) is 3.26. The van der Waals surface area contributed by atoms with Gasteiger partial charge in [-0.25, -0.2) is 4.79 Å². The molecule has 1 aromatic rings. The molecule has 2 rings (SSSR count). The molecule has 0 fully saturated rings. The molecule has 0 aliphatic heterocycles. The van der Waals surface area contributed by atoms with Crippen LogP contribution >= 0.6 is 0 Å². The van der Waals surface area contributed by atoms with Gasteiger partial charge in [0.05, 0.1) is 13.0 Å². The highest BCUT2D eigenvalue weighted by molar-refractivity contribution is 6.04. The van der Waals surface area contributed by atoms with Gasteiger partial charge in [-0.15, -0.1) is 0 Å². The summed E-state index contributed by atoms with van der Waals surface area (Å²) in [6, 6.07) is 8.62. The molecule has 0 spiro atoms. The van der Waals surface area contributed by atoms with Crippen molar-refractivity contribution in [2.75, 3.05) is 20.2 Å². The number of rotatable bonds is 6. The van der Waals surface area contributed by atoms with Gasteiger partial charge in [-0.1, -0.05) is 36.4 Å². The number of hydrogen-bond donors (Lipinski definition) is 1. The van der Waals surface area contributed by atoms with Crippen LogP contribution in [0.4, 0.5) is 0 Å². The summed E-state index contributed by atoms with van der Waals surface area (Å²) in [4.78, 5) is 27.0. The Balaban J connectivity index is 2.44. The number of aliphatic hydroxyl groups is 1. The summed E-state index contributed by atoms with van der Waals surface area (Å²) in [6.07, 6.45) is 4.78. The van der Waals surface area contributed by atoms with Gasteiger partial charge in [-0.05, 0) is 26.0 Å². The molecule has 2 unspecified atom stereocenters. The highest BCUT2D eigenvalue weighted by atomic mass is 16.5. The molecule has 24 heavy (non-hydrogen) atoms. The van der Waals surface area contributed by atoms with Gasteiger partial charge >= 0.3 is 5.97 Å². The summed E-state index contributed by atoms with van der Waals surface area (Å²) in [6.45, 7) is 5.41. The van der Waals surface area contributed by atoms with Crippen molar-refractivity contribution in [3.63, 3.8) is 0 Å². The number of esters is 1. The van der Waals surface area contributed by atoms with Gasteiger partial charge in [0.1, 0.15) is 0 Å². The maximum atomic E-state index is 12.8. The summed E-state index contributed by atoms with van der Waals surface area (Å²) in [5, 5.41) is 11.0. The number of methoxy groups -OCH3 is 1. The first kappa shape index (κ1) is 17.9. The van der Waals surface area contributed by atoms with Gasteiger partial charge in [-0.2, -0.15) is 0 Å². The van der Waals surface area contributed by atoms with E-state index < -0.39 is 17.5 Å². The number of allylic oxidation sites excluding steroid dienone is 1. The maximum Gasteiger partial charge on any atom is 0.343 e. The van der Waals surface area contributed by atoms with Crippen molar-refractivity contribution in [1.29, 1.82) is 0 Å². The second kappa shape index (κ2) is 7.45. The van der Waals surface area contributed by atoms with Crippen LogP contribution in [-0.2, 0) is 9.53 Å². The zero-order valence-electron chi connectivity index (χ0n) is 14.2. The molecule has 5 heteroatoms. The molecule has 0 heterocycles. The molecule has 0 saturated carbocycles. The molecule has 1 aromatic carbocycles. The van der Waals surface area contributed by atoms with Gasteiger partial charge in [0.15, 0.2) is 11.4 Å². The Bertz CT molecular complexity index is 661. The third-order valence-corrected chi connectivity index (χ3v) is 4.28. The molecule has 5 nitrogen and oxygen atoms in total. The molecule has 1 N–H and O–H groups in total. The van der Waals surface area contributed by atoms with Crippen LogP contribution in [0.1, 0.15) is 24.2 Å². The number of carbonyl (C=O) groups excluding carboxylic acids is 2. The number of benzene rings is 1. The van der Waals surface area contributed by atoms with Crippen molar-refractivity contribution in [2.45, 2.75) is 19.4 Å². The molecule has 0 saturated heterocycles. The largest absolute Gasteiger partial charge is 0.467 e. The molecule has 0 bridgehead atoms. The van der Waals surface area contributed by atoms with Crippen molar-refractivity contribution in [3.8, 4) is 0 Å². The summed E-state index contributed by atoms with van der Waals surface area (Å²) < 4.78 is 4.77. The van der Waals surface area contributed by atoms with Crippen molar-refractivity contribution >= 4 is 11.8 Å². The van der Waals surface area contributed by atoms with E-state index in [-0.39, 0.29) is 5.78 Å². The lowest BCUT2D eigenvalue weighted by atomic mass is 9.78. The second-order valence-electron chi connectivity index (χ2n) is 5.63. The summed E-state index contributed by atoms with van der Waals surface area (Å²) in [5.41, 5.74) is -0.881. The van der Waals surface area contributed by atoms with Crippen LogP contribution in [0.3, 0.4) is 0 Å². The smallest absolute Gasteiger partial charge is 0.343 e. The van der Waals surface area contributed by atoms with E-state index in [0.717, 1.165) is 13.1 Å². The fourth-order valence-corrected chi connectivity index (χ4v) is 2.91. The third-order valence-electron chi connectivity index (χ3n) is 4.28. The fourth-order valence-electron chi connectivity index (χ4n) is 2.91. The van der Waals surface area contributed by atoms with E-state index in [1.807, 2.05) is 18.7 Å². The Kier molecular flexibility index (Phi) is 5.57.